The average Bonchev–Trinajstić information content (AvgIpc) is 2.16. The first-order chi connectivity index (χ1) is 6.56. The second-order valence-corrected chi connectivity index (χ2v) is 3.66. The molecule has 3 N–H and O–H groups in total. The van der Waals surface area contributed by atoms with Crippen LogP contribution in [-0.2, 0) is 0 Å². The summed E-state index contributed by atoms with van der Waals surface area (Å²) in [4.78, 5) is 0. The molecule has 14 heavy (non-hydrogen) atoms. The zero-order valence-corrected chi connectivity index (χ0v) is 8.36. The molecule has 74 valence electrons. The highest BCUT2D eigenvalue weighted by molar-refractivity contribution is 5.43. The number of aromatic hydroxyl groups is 1. The van der Waals surface area contributed by atoms with Gasteiger partial charge in [0.25, 0.3) is 0 Å². The Hall–Kier alpha value is -1.53. The zero-order valence-electron chi connectivity index (χ0n) is 8.36. The minimum absolute atomic E-state index is 0.102. The van der Waals surface area contributed by atoms with Gasteiger partial charge in [0.05, 0.1) is 11.6 Å². The first-order valence-corrected chi connectivity index (χ1v) is 4.55. The summed E-state index contributed by atoms with van der Waals surface area (Å²) >= 11 is 0. The van der Waals surface area contributed by atoms with Crippen molar-refractivity contribution < 1.29 is 5.11 Å². The van der Waals surface area contributed by atoms with Crippen molar-refractivity contribution in [2.24, 2.45) is 11.7 Å². The Morgan fingerprint density at radius 1 is 1.43 bits per heavy atom. The second-order valence-electron chi connectivity index (χ2n) is 3.66. The molecule has 0 radical (unpaired) electrons. The molecule has 0 aliphatic carbocycles. The molecule has 0 aliphatic heterocycles. The summed E-state index contributed by atoms with van der Waals surface area (Å²) in [7, 11) is 0. The molecule has 0 heterocycles. The molecule has 1 unspecified atom stereocenters. The average molecular weight is 190 g/mol. The van der Waals surface area contributed by atoms with Crippen molar-refractivity contribution in [2.75, 3.05) is 0 Å². The molecule has 0 aromatic heterocycles. The van der Waals surface area contributed by atoms with Crippen LogP contribution < -0.4 is 5.73 Å². The fraction of sp³-hybridized carbons (Fsp3) is 0.364. The molecule has 0 saturated heterocycles. The minimum atomic E-state index is -0.192. The molecule has 1 aromatic carbocycles. The van der Waals surface area contributed by atoms with E-state index in [1.54, 1.807) is 12.1 Å². The molecule has 0 fully saturated rings. The lowest BCUT2D eigenvalue weighted by Crippen LogP contribution is -2.16. The van der Waals surface area contributed by atoms with Gasteiger partial charge in [-0.2, -0.15) is 5.26 Å². The Kier molecular flexibility index (Phi) is 3.10. The van der Waals surface area contributed by atoms with Crippen molar-refractivity contribution in [3.05, 3.63) is 29.3 Å². The van der Waals surface area contributed by atoms with Gasteiger partial charge in [0.1, 0.15) is 5.75 Å². The first-order valence-electron chi connectivity index (χ1n) is 4.55. The number of hydrogen-bond donors (Lipinski definition) is 2. The third kappa shape index (κ3) is 2.04. The van der Waals surface area contributed by atoms with Gasteiger partial charge in [-0.05, 0) is 18.1 Å². The summed E-state index contributed by atoms with van der Waals surface area (Å²) < 4.78 is 0. The molecular formula is C11H14N2O. The molecule has 0 amide bonds. The Labute approximate surface area is 83.8 Å². The van der Waals surface area contributed by atoms with Crippen LogP contribution in [0.5, 0.6) is 5.75 Å². The van der Waals surface area contributed by atoms with E-state index in [0.29, 0.717) is 11.1 Å². The Morgan fingerprint density at radius 2 is 2.07 bits per heavy atom. The summed E-state index contributed by atoms with van der Waals surface area (Å²) in [5.41, 5.74) is 7.03. The van der Waals surface area contributed by atoms with Gasteiger partial charge in [-0.25, -0.2) is 0 Å². The molecule has 3 nitrogen and oxygen atoms in total. The van der Waals surface area contributed by atoms with E-state index >= 15 is 0 Å². The van der Waals surface area contributed by atoms with E-state index in [1.807, 2.05) is 19.9 Å². The molecular weight excluding hydrogens is 176 g/mol. The summed E-state index contributed by atoms with van der Waals surface area (Å²) in [6.45, 7) is 3.98. The third-order valence-corrected chi connectivity index (χ3v) is 2.24. The summed E-state index contributed by atoms with van der Waals surface area (Å²) in [6, 6.07) is 6.58. The predicted octanol–water partition coefficient (Wildman–Crippen LogP) is 1.92. The topological polar surface area (TPSA) is 70.0 Å². The fourth-order valence-corrected chi connectivity index (χ4v) is 1.25. The van der Waals surface area contributed by atoms with Gasteiger partial charge in [-0.1, -0.05) is 19.9 Å². The van der Waals surface area contributed by atoms with Gasteiger partial charge in [-0.3, -0.25) is 0 Å². The SMILES string of the molecule is CC(C)C(N)c1ccc(C#N)cc1O. The molecule has 1 rings (SSSR count). The van der Waals surface area contributed by atoms with Gasteiger partial charge < -0.3 is 10.8 Å². The summed E-state index contributed by atoms with van der Waals surface area (Å²) in [5.74, 6) is 0.360. The van der Waals surface area contributed by atoms with Gasteiger partial charge in [0.15, 0.2) is 0 Å². The van der Waals surface area contributed by atoms with Crippen molar-refractivity contribution >= 4 is 0 Å². The van der Waals surface area contributed by atoms with Crippen LogP contribution in [0.4, 0.5) is 0 Å². The zero-order chi connectivity index (χ0) is 10.7. The lowest BCUT2D eigenvalue weighted by Gasteiger charge is -2.17. The quantitative estimate of drug-likeness (QED) is 0.748. The van der Waals surface area contributed by atoms with Crippen LogP contribution in [0.15, 0.2) is 18.2 Å². The van der Waals surface area contributed by atoms with Crippen LogP contribution in [0, 0.1) is 17.2 Å². The number of phenols is 1. The van der Waals surface area contributed by atoms with Gasteiger partial charge in [0, 0.05) is 11.6 Å². The normalized spacial score (nSPS) is 12.5. The van der Waals surface area contributed by atoms with Gasteiger partial charge in [-0.15, -0.1) is 0 Å². The Balaban J connectivity index is 3.07. The summed E-state index contributed by atoms with van der Waals surface area (Å²) in [5, 5.41) is 18.2. The largest absolute Gasteiger partial charge is 0.508 e. The highest BCUT2D eigenvalue weighted by Gasteiger charge is 2.14. The van der Waals surface area contributed by atoms with Crippen LogP contribution >= 0.6 is 0 Å². The monoisotopic (exact) mass is 190 g/mol. The lowest BCUT2D eigenvalue weighted by atomic mass is 9.95. The van der Waals surface area contributed by atoms with Gasteiger partial charge in [0.2, 0.25) is 0 Å². The number of nitrogens with zero attached hydrogens (tertiary/aromatic N) is 1. The smallest absolute Gasteiger partial charge is 0.121 e. The van der Waals surface area contributed by atoms with Crippen molar-refractivity contribution in [2.45, 2.75) is 19.9 Å². The highest BCUT2D eigenvalue weighted by atomic mass is 16.3. The predicted molar refractivity (Wildman–Crippen MR) is 54.6 cm³/mol. The molecule has 1 atom stereocenters. The second kappa shape index (κ2) is 4.12. The van der Waals surface area contributed by atoms with Crippen molar-refractivity contribution in [3.63, 3.8) is 0 Å². The van der Waals surface area contributed by atoms with Gasteiger partial charge >= 0.3 is 0 Å². The van der Waals surface area contributed by atoms with Crippen LogP contribution in [0.25, 0.3) is 0 Å². The van der Waals surface area contributed by atoms with Crippen molar-refractivity contribution in [1.29, 1.82) is 5.26 Å². The van der Waals surface area contributed by atoms with E-state index in [0.717, 1.165) is 0 Å². The number of nitrogens with two attached hydrogens (primary N) is 1. The third-order valence-electron chi connectivity index (χ3n) is 2.24. The molecule has 0 spiro atoms. The number of rotatable bonds is 2. The molecule has 0 bridgehead atoms. The van der Waals surface area contributed by atoms with Crippen LogP contribution in [-0.4, -0.2) is 5.11 Å². The fourth-order valence-electron chi connectivity index (χ4n) is 1.25. The molecule has 0 aliphatic rings. The van der Waals surface area contributed by atoms with Crippen LogP contribution in [0.3, 0.4) is 0 Å². The van der Waals surface area contributed by atoms with Crippen LogP contribution in [0.1, 0.15) is 31.0 Å². The maximum atomic E-state index is 9.61. The van der Waals surface area contributed by atoms with E-state index in [-0.39, 0.29) is 17.7 Å². The number of hydrogen-bond acceptors (Lipinski definition) is 3. The molecule has 3 heteroatoms. The van der Waals surface area contributed by atoms with E-state index in [9.17, 15) is 5.11 Å². The van der Waals surface area contributed by atoms with E-state index in [2.05, 4.69) is 0 Å². The van der Waals surface area contributed by atoms with E-state index in [4.69, 9.17) is 11.0 Å². The first kappa shape index (κ1) is 10.6. The maximum absolute atomic E-state index is 9.61. The summed E-state index contributed by atoms with van der Waals surface area (Å²) in [6.07, 6.45) is 0. The lowest BCUT2D eigenvalue weighted by molar-refractivity contribution is 0.440. The number of phenolic OH excluding ortho intramolecular Hbond substituents is 1. The van der Waals surface area contributed by atoms with E-state index in [1.165, 1.54) is 6.07 Å². The van der Waals surface area contributed by atoms with Crippen LogP contribution in [0.2, 0.25) is 0 Å². The molecule has 1 aromatic rings. The standard InChI is InChI=1S/C11H14N2O/c1-7(2)11(13)9-4-3-8(6-12)5-10(9)14/h3-5,7,11,14H,13H2,1-2H3. The van der Waals surface area contributed by atoms with Crippen molar-refractivity contribution in [3.8, 4) is 11.8 Å². The minimum Gasteiger partial charge on any atom is -0.508 e. The number of benzene rings is 1. The highest BCUT2D eigenvalue weighted by Crippen LogP contribution is 2.27. The molecule has 0 saturated carbocycles. The number of nitriles is 1. The van der Waals surface area contributed by atoms with E-state index < -0.39 is 0 Å². The maximum Gasteiger partial charge on any atom is 0.121 e. The van der Waals surface area contributed by atoms with Crippen molar-refractivity contribution in [1.82, 2.24) is 0 Å². The Morgan fingerprint density at radius 3 is 2.50 bits per heavy atom. The Bertz CT molecular complexity index is 366.